The van der Waals surface area contributed by atoms with Crippen molar-refractivity contribution in [2.75, 3.05) is 0 Å². The summed E-state index contributed by atoms with van der Waals surface area (Å²) in [4.78, 5) is 23.9. The molecule has 2 amide bonds. The molecule has 2 rings (SSSR count). The van der Waals surface area contributed by atoms with Gasteiger partial charge in [0.05, 0.1) is 6.04 Å². The van der Waals surface area contributed by atoms with Crippen molar-refractivity contribution in [3.8, 4) is 0 Å². The average molecular weight is 325 g/mol. The molecule has 0 radical (unpaired) electrons. The Balaban J connectivity index is 1.73. The fourth-order valence-corrected chi connectivity index (χ4v) is 2.93. The number of alkyl carbamates (subject to hydrolysis) is 1. The Bertz CT molecular complexity index is 429. The number of hydrogen-bond donors (Lipinski definition) is 3. The van der Waals surface area contributed by atoms with Gasteiger partial charge in [-0.25, -0.2) is 4.79 Å². The predicted molar refractivity (Wildman–Crippen MR) is 89.2 cm³/mol. The number of ether oxygens (including phenoxy) is 1. The van der Waals surface area contributed by atoms with Crippen LogP contribution >= 0.6 is 0 Å². The van der Waals surface area contributed by atoms with Gasteiger partial charge in [0.25, 0.3) is 0 Å². The molecule has 3 unspecified atom stereocenters. The molecule has 0 spiro atoms. The van der Waals surface area contributed by atoms with Crippen molar-refractivity contribution in [1.29, 1.82) is 0 Å². The molecule has 0 heterocycles. The van der Waals surface area contributed by atoms with E-state index in [-0.39, 0.29) is 30.1 Å². The summed E-state index contributed by atoms with van der Waals surface area (Å²) in [6.07, 6.45) is 5.71. The highest BCUT2D eigenvalue weighted by Gasteiger charge is 2.29. The van der Waals surface area contributed by atoms with E-state index in [1.54, 1.807) is 0 Å². The second-order valence-electron chi connectivity index (χ2n) is 7.88. The van der Waals surface area contributed by atoms with Crippen molar-refractivity contribution in [2.45, 2.75) is 96.0 Å². The van der Waals surface area contributed by atoms with Gasteiger partial charge in [0.1, 0.15) is 5.60 Å². The van der Waals surface area contributed by atoms with Crippen LogP contribution < -0.4 is 16.0 Å². The van der Waals surface area contributed by atoms with Crippen molar-refractivity contribution < 1.29 is 14.3 Å². The SMILES string of the molecule is CC(NC1CCCC(NC(=O)OC(C)(C)C)C1)C(=O)NC1CC1. The maximum atomic E-state index is 12.0. The van der Waals surface area contributed by atoms with E-state index in [0.717, 1.165) is 38.5 Å². The Labute approximate surface area is 139 Å². The first kappa shape index (κ1) is 18.0. The summed E-state index contributed by atoms with van der Waals surface area (Å²) in [5.41, 5.74) is -0.480. The lowest BCUT2D eigenvalue weighted by molar-refractivity contribution is -0.123. The molecule has 132 valence electrons. The van der Waals surface area contributed by atoms with Gasteiger partial charge in [-0.3, -0.25) is 4.79 Å². The van der Waals surface area contributed by atoms with Crippen molar-refractivity contribution in [1.82, 2.24) is 16.0 Å². The third kappa shape index (κ3) is 6.77. The van der Waals surface area contributed by atoms with Crippen LogP contribution in [0.2, 0.25) is 0 Å². The van der Waals surface area contributed by atoms with Gasteiger partial charge >= 0.3 is 6.09 Å². The first-order chi connectivity index (χ1) is 10.7. The summed E-state index contributed by atoms with van der Waals surface area (Å²) in [7, 11) is 0. The van der Waals surface area contributed by atoms with Gasteiger partial charge in [-0.2, -0.15) is 0 Å². The Kier molecular flexibility index (Phi) is 5.89. The molecule has 2 fully saturated rings. The maximum Gasteiger partial charge on any atom is 0.407 e. The normalized spacial score (nSPS) is 26.3. The zero-order valence-electron chi connectivity index (χ0n) is 14.8. The molecule has 0 bridgehead atoms. The second kappa shape index (κ2) is 7.51. The zero-order valence-corrected chi connectivity index (χ0v) is 14.8. The van der Waals surface area contributed by atoms with Gasteiger partial charge in [0.15, 0.2) is 0 Å². The van der Waals surface area contributed by atoms with E-state index in [4.69, 9.17) is 4.74 Å². The lowest BCUT2D eigenvalue weighted by atomic mass is 9.90. The van der Waals surface area contributed by atoms with Gasteiger partial charge in [-0.05, 0) is 66.2 Å². The van der Waals surface area contributed by atoms with Crippen LogP contribution in [0.25, 0.3) is 0 Å². The molecule has 6 nitrogen and oxygen atoms in total. The van der Waals surface area contributed by atoms with Crippen molar-refractivity contribution >= 4 is 12.0 Å². The lowest BCUT2D eigenvalue weighted by Gasteiger charge is -2.32. The van der Waals surface area contributed by atoms with Gasteiger partial charge in [0.2, 0.25) is 5.91 Å². The van der Waals surface area contributed by atoms with E-state index in [9.17, 15) is 9.59 Å². The molecule has 0 aromatic heterocycles. The Hall–Kier alpha value is -1.30. The standard InChI is InChI=1S/C17H31N3O3/c1-11(15(21)19-12-8-9-12)18-13-6-5-7-14(10-13)20-16(22)23-17(2,3)4/h11-14,18H,5-10H2,1-4H3,(H,19,21)(H,20,22). The molecular formula is C17H31N3O3. The van der Waals surface area contributed by atoms with Crippen molar-refractivity contribution in [3.63, 3.8) is 0 Å². The number of rotatable bonds is 5. The quantitative estimate of drug-likeness (QED) is 0.723. The summed E-state index contributed by atoms with van der Waals surface area (Å²) >= 11 is 0. The minimum Gasteiger partial charge on any atom is -0.444 e. The molecule has 6 heteroatoms. The van der Waals surface area contributed by atoms with Crippen LogP contribution in [-0.2, 0) is 9.53 Å². The molecule has 2 aliphatic carbocycles. The van der Waals surface area contributed by atoms with E-state index in [0.29, 0.717) is 6.04 Å². The molecular weight excluding hydrogens is 294 g/mol. The molecule has 0 aromatic carbocycles. The van der Waals surface area contributed by atoms with Crippen LogP contribution in [0.5, 0.6) is 0 Å². The Morgan fingerprint density at radius 3 is 2.26 bits per heavy atom. The predicted octanol–water partition coefficient (Wildman–Crippen LogP) is 2.08. The van der Waals surface area contributed by atoms with Gasteiger partial charge in [0, 0.05) is 18.1 Å². The Morgan fingerprint density at radius 1 is 1.00 bits per heavy atom. The van der Waals surface area contributed by atoms with Gasteiger partial charge in [-0.15, -0.1) is 0 Å². The van der Waals surface area contributed by atoms with E-state index < -0.39 is 5.60 Å². The first-order valence-corrected chi connectivity index (χ1v) is 8.79. The second-order valence-corrected chi connectivity index (χ2v) is 7.88. The number of carbonyl (C=O) groups excluding carboxylic acids is 2. The maximum absolute atomic E-state index is 12.0. The summed E-state index contributed by atoms with van der Waals surface area (Å²) in [5.74, 6) is 0.0784. The molecule has 2 aliphatic rings. The highest BCUT2D eigenvalue weighted by Crippen LogP contribution is 2.21. The van der Waals surface area contributed by atoms with E-state index in [2.05, 4.69) is 16.0 Å². The monoisotopic (exact) mass is 325 g/mol. The Morgan fingerprint density at radius 2 is 1.65 bits per heavy atom. The third-order valence-electron chi connectivity index (χ3n) is 4.20. The van der Waals surface area contributed by atoms with Crippen LogP contribution in [0.4, 0.5) is 4.79 Å². The minimum absolute atomic E-state index is 0.0784. The van der Waals surface area contributed by atoms with Crippen LogP contribution in [0, 0.1) is 0 Å². The minimum atomic E-state index is -0.480. The number of amides is 2. The lowest BCUT2D eigenvalue weighted by Crippen LogP contribution is -2.51. The molecule has 3 N–H and O–H groups in total. The molecule has 23 heavy (non-hydrogen) atoms. The summed E-state index contributed by atoms with van der Waals surface area (Å²) in [5, 5.41) is 9.37. The highest BCUT2D eigenvalue weighted by molar-refractivity contribution is 5.81. The van der Waals surface area contributed by atoms with Crippen molar-refractivity contribution in [2.24, 2.45) is 0 Å². The summed E-state index contributed by atoms with van der Waals surface area (Å²) < 4.78 is 5.31. The van der Waals surface area contributed by atoms with Crippen molar-refractivity contribution in [3.05, 3.63) is 0 Å². The average Bonchev–Trinajstić information content (AvgIpc) is 3.20. The number of hydrogen-bond acceptors (Lipinski definition) is 4. The smallest absolute Gasteiger partial charge is 0.407 e. The molecule has 0 aromatic rings. The third-order valence-corrected chi connectivity index (χ3v) is 4.20. The van der Waals surface area contributed by atoms with Crippen LogP contribution in [0.15, 0.2) is 0 Å². The first-order valence-electron chi connectivity index (χ1n) is 8.79. The van der Waals surface area contributed by atoms with Gasteiger partial charge < -0.3 is 20.7 Å². The fraction of sp³-hybridized carbons (Fsp3) is 0.882. The fourth-order valence-electron chi connectivity index (χ4n) is 2.93. The number of carbonyl (C=O) groups is 2. The molecule has 0 saturated heterocycles. The van der Waals surface area contributed by atoms with Crippen LogP contribution in [0.3, 0.4) is 0 Å². The van der Waals surface area contributed by atoms with Crippen LogP contribution in [0.1, 0.15) is 66.2 Å². The summed E-state index contributed by atoms with van der Waals surface area (Å²) in [6, 6.07) is 0.555. The van der Waals surface area contributed by atoms with Crippen LogP contribution in [-0.4, -0.2) is 41.8 Å². The molecule has 0 aliphatic heterocycles. The molecule has 3 atom stereocenters. The van der Waals surface area contributed by atoms with Gasteiger partial charge in [-0.1, -0.05) is 0 Å². The van der Waals surface area contributed by atoms with E-state index in [1.165, 1.54) is 0 Å². The molecule has 2 saturated carbocycles. The van der Waals surface area contributed by atoms with E-state index in [1.807, 2.05) is 27.7 Å². The summed E-state index contributed by atoms with van der Waals surface area (Å²) in [6.45, 7) is 7.48. The topological polar surface area (TPSA) is 79.5 Å². The number of nitrogens with one attached hydrogen (secondary N) is 3. The highest BCUT2D eigenvalue weighted by atomic mass is 16.6. The largest absolute Gasteiger partial charge is 0.444 e. The van der Waals surface area contributed by atoms with E-state index >= 15 is 0 Å². The zero-order chi connectivity index (χ0) is 17.0.